The summed E-state index contributed by atoms with van der Waals surface area (Å²) in [5.41, 5.74) is 0. The molecule has 0 atom stereocenters. The third-order valence-corrected chi connectivity index (χ3v) is 2.73. The van der Waals surface area contributed by atoms with Gasteiger partial charge in [-0.25, -0.2) is 0 Å². The van der Waals surface area contributed by atoms with Crippen LogP contribution in [0.1, 0.15) is 17.8 Å². The van der Waals surface area contributed by atoms with Crippen LogP contribution < -0.4 is 5.32 Å². The van der Waals surface area contributed by atoms with E-state index in [-0.39, 0.29) is 11.8 Å². The second-order valence-corrected chi connectivity index (χ2v) is 4.26. The zero-order valence-electron chi connectivity index (χ0n) is 7.82. The van der Waals surface area contributed by atoms with Crippen molar-refractivity contribution in [3.05, 3.63) is 5.01 Å². The fourth-order valence-corrected chi connectivity index (χ4v) is 1.75. The first-order valence-corrected chi connectivity index (χ1v) is 5.23. The van der Waals surface area contributed by atoms with Crippen molar-refractivity contribution in [2.24, 2.45) is 5.92 Å². The molecular formula is C8H11N3O2S. The van der Waals surface area contributed by atoms with Crippen LogP contribution >= 0.6 is 11.3 Å². The zero-order chi connectivity index (χ0) is 9.97. The van der Waals surface area contributed by atoms with Gasteiger partial charge in [-0.2, -0.15) is 0 Å². The van der Waals surface area contributed by atoms with Gasteiger partial charge in [0.1, 0.15) is 11.6 Å². The molecule has 6 heteroatoms. The molecule has 0 aromatic carbocycles. The maximum absolute atomic E-state index is 11.3. The Labute approximate surface area is 85.5 Å². The summed E-state index contributed by atoms with van der Waals surface area (Å²) < 4.78 is 4.90. The first-order chi connectivity index (χ1) is 6.79. The quantitative estimate of drug-likeness (QED) is 0.811. The first-order valence-electron chi connectivity index (χ1n) is 4.42. The number of aromatic nitrogens is 2. The molecule has 0 spiro atoms. The van der Waals surface area contributed by atoms with Crippen LogP contribution in [0.4, 0.5) is 5.13 Å². The van der Waals surface area contributed by atoms with Crippen LogP contribution in [0.5, 0.6) is 0 Å². The topological polar surface area (TPSA) is 64.1 Å². The largest absolute Gasteiger partial charge is 0.377 e. The maximum atomic E-state index is 11.3. The molecule has 1 aliphatic rings. The highest BCUT2D eigenvalue weighted by Gasteiger charge is 2.30. The molecule has 0 radical (unpaired) electrons. The van der Waals surface area contributed by atoms with Crippen molar-refractivity contribution in [2.45, 2.75) is 19.4 Å². The van der Waals surface area contributed by atoms with Crippen LogP contribution in [0, 0.1) is 5.92 Å². The zero-order valence-corrected chi connectivity index (χ0v) is 8.63. The van der Waals surface area contributed by atoms with Crippen molar-refractivity contribution >= 4 is 22.4 Å². The van der Waals surface area contributed by atoms with E-state index in [0.717, 1.165) is 17.8 Å². The molecule has 1 N–H and O–H groups in total. The minimum atomic E-state index is 0.0603. The molecule has 0 bridgehead atoms. The van der Waals surface area contributed by atoms with Crippen LogP contribution in [0.15, 0.2) is 0 Å². The fourth-order valence-electron chi connectivity index (χ4n) is 1.04. The van der Waals surface area contributed by atoms with Crippen molar-refractivity contribution in [1.29, 1.82) is 0 Å². The van der Waals surface area contributed by atoms with Crippen LogP contribution in [0.3, 0.4) is 0 Å². The summed E-state index contributed by atoms with van der Waals surface area (Å²) in [6.07, 6.45) is 1.99. The molecule has 1 heterocycles. The van der Waals surface area contributed by atoms with E-state index in [9.17, 15) is 4.79 Å². The third kappa shape index (κ3) is 2.27. The average molecular weight is 213 g/mol. The Morgan fingerprint density at radius 3 is 3.07 bits per heavy atom. The molecule has 1 fully saturated rings. The van der Waals surface area contributed by atoms with Gasteiger partial charge in [-0.1, -0.05) is 11.3 Å². The first kappa shape index (κ1) is 9.54. The summed E-state index contributed by atoms with van der Waals surface area (Å²) in [4.78, 5) is 11.3. The minimum absolute atomic E-state index is 0.0603. The molecule has 1 saturated carbocycles. The lowest BCUT2D eigenvalue weighted by atomic mass is 10.4. The number of carbonyl (C=O) groups excluding carboxylic acids is 1. The number of nitrogens with one attached hydrogen (secondary N) is 1. The van der Waals surface area contributed by atoms with E-state index >= 15 is 0 Å². The number of nitrogens with zero attached hydrogens (tertiary/aromatic N) is 2. The van der Waals surface area contributed by atoms with E-state index < -0.39 is 0 Å². The third-order valence-electron chi connectivity index (χ3n) is 1.91. The highest BCUT2D eigenvalue weighted by atomic mass is 32.1. The number of carbonyl (C=O) groups is 1. The molecule has 0 saturated heterocycles. The highest BCUT2D eigenvalue weighted by Crippen LogP contribution is 2.30. The normalized spacial score (nSPS) is 15.5. The Morgan fingerprint density at radius 2 is 2.43 bits per heavy atom. The maximum Gasteiger partial charge on any atom is 0.229 e. The molecule has 1 aliphatic carbocycles. The lowest BCUT2D eigenvalue weighted by molar-refractivity contribution is -0.117. The van der Waals surface area contributed by atoms with Crippen molar-refractivity contribution in [3.63, 3.8) is 0 Å². The van der Waals surface area contributed by atoms with E-state index in [0.29, 0.717) is 11.7 Å². The smallest absolute Gasteiger partial charge is 0.229 e. The van der Waals surface area contributed by atoms with E-state index in [4.69, 9.17) is 4.74 Å². The Bertz CT molecular complexity index is 335. The minimum Gasteiger partial charge on any atom is -0.377 e. The summed E-state index contributed by atoms with van der Waals surface area (Å²) in [5, 5.41) is 11.8. The molecule has 1 aromatic rings. The number of methoxy groups -OCH3 is 1. The van der Waals surface area contributed by atoms with Gasteiger partial charge in [-0.05, 0) is 12.8 Å². The van der Waals surface area contributed by atoms with Gasteiger partial charge in [0.15, 0.2) is 0 Å². The second kappa shape index (κ2) is 4.02. The molecule has 1 amide bonds. The standard InChI is InChI=1S/C8H11N3O2S/c1-13-4-6-10-11-8(14-6)9-7(12)5-2-3-5/h5H,2-4H2,1H3,(H,9,11,12). The van der Waals surface area contributed by atoms with Crippen LogP contribution in [-0.2, 0) is 16.1 Å². The summed E-state index contributed by atoms with van der Waals surface area (Å²) >= 11 is 1.35. The summed E-state index contributed by atoms with van der Waals surface area (Å²) in [5.74, 6) is 0.259. The SMILES string of the molecule is COCc1nnc(NC(=O)C2CC2)s1. The van der Waals surface area contributed by atoms with Gasteiger partial charge in [0, 0.05) is 13.0 Å². The molecule has 14 heavy (non-hydrogen) atoms. The summed E-state index contributed by atoms with van der Waals surface area (Å²) in [6, 6.07) is 0. The van der Waals surface area contributed by atoms with Crippen LogP contribution in [0.2, 0.25) is 0 Å². The number of amides is 1. The van der Waals surface area contributed by atoms with E-state index in [2.05, 4.69) is 15.5 Å². The van der Waals surface area contributed by atoms with Gasteiger partial charge < -0.3 is 10.1 Å². The Morgan fingerprint density at radius 1 is 1.64 bits per heavy atom. The molecule has 5 nitrogen and oxygen atoms in total. The van der Waals surface area contributed by atoms with E-state index in [1.807, 2.05) is 0 Å². The van der Waals surface area contributed by atoms with Gasteiger partial charge in [0.25, 0.3) is 0 Å². The van der Waals surface area contributed by atoms with Gasteiger partial charge in [-0.3, -0.25) is 4.79 Å². The lowest BCUT2D eigenvalue weighted by Crippen LogP contribution is -2.12. The van der Waals surface area contributed by atoms with Crippen molar-refractivity contribution in [2.75, 3.05) is 12.4 Å². The Hall–Kier alpha value is -1.01. The molecule has 0 unspecified atom stereocenters. The number of rotatable bonds is 4. The summed E-state index contributed by atoms with van der Waals surface area (Å²) in [7, 11) is 1.60. The van der Waals surface area contributed by atoms with Crippen molar-refractivity contribution in [1.82, 2.24) is 10.2 Å². The predicted octanol–water partition coefficient (Wildman–Crippen LogP) is 1.03. The molecule has 76 valence electrons. The van der Waals surface area contributed by atoms with Crippen LogP contribution in [-0.4, -0.2) is 23.2 Å². The molecule has 0 aliphatic heterocycles. The Balaban J connectivity index is 1.91. The molecule has 1 aromatic heterocycles. The van der Waals surface area contributed by atoms with Gasteiger partial charge >= 0.3 is 0 Å². The lowest BCUT2D eigenvalue weighted by Gasteiger charge is -1.96. The second-order valence-electron chi connectivity index (χ2n) is 3.20. The molecule has 2 rings (SSSR count). The van der Waals surface area contributed by atoms with E-state index in [1.54, 1.807) is 7.11 Å². The van der Waals surface area contributed by atoms with Crippen LogP contribution in [0.25, 0.3) is 0 Å². The fraction of sp³-hybridized carbons (Fsp3) is 0.625. The average Bonchev–Trinajstić information content (AvgIpc) is 2.92. The monoisotopic (exact) mass is 213 g/mol. The number of ether oxygens (including phenoxy) is 1. The van der Waals surface area contributed by atoms with E-state index in [1.165, 1.54) is 11.3 Å². The van der Waals surface area contributed by atoms with Crippen molar-refractivity contribution < 1.29 is 9.53 Å². The molecular weight excluding hydrogens is 202 g/mol. The van der Waals surface area contributed by atoms with Gasteiger partial charge in [0.2, 0.25) is 11.0 Å². The van der Waals surface area contributed by atoms with Gasteiger partial charge in [0.05, 0.1) is 0 Å². The Kier molecular flexibility index (Phi) is 2.74. The summed E-state index contributed by atoms with van der Waals surface area (Å²) in [6.45, 7) is 0.441. The predicted molar refractivity (Wildman–Crippen MR) is 52.0 cm³/mol. The number of hydrogen-bond acceptors (Lipinski definition) is 5. The number of hydrogen-bond donors (Lipinski definition) is 1. The number of anilines is 1. The highest BCUT2D eigenvalue weighted by molar-refractivity contribution is 7.15. The van der Waals surface area contributed by atoms with Gasteiger partial charge in [-0.15, -0.1) is 10.2 Å². The van der Waals surface area contributed by atoms with Crippen molar-refractivity contribution in [3.8, 4) is 0 Å².